The summed E-state index contributed by atoms with van der Waals surface area (Å²) in [5.41, 5.74) is 2.54. The molecule has 0 radical (unpaired) electrons. The Labute approximate surface area is 213 Å². The molecule has 0 aliphatic carbocycles. The third-order valence-electron chi connectivity index (χ3n) is 5.43. The van der Waals surface area contributed by atoms with Crippen molar-refractivity contribution in [2.75, 3.05) is 5.32 Å². The van der Waals surface area contributed by atoms with Crippen molar-refractivity contribution in [3.63, 3.8) is 0 Å². The number of nitrogens with zero attached hydrogens (tertiary/aromatic N) is 1. The molecule has 0 unspecified atom stereocenters. The summed E-state index contributed by atoms with van der Waals surface area (Å²) in [6, 6.07) is 23.4. The van der Waals surface area contributed by atoms with Crippen LogP contribution in [-0.4, -0.2) is 10.8 Å². The monoisotopic (exact) mass is 502 g/mol. The molecular weight excluding hydrogens is 476 g/mol. The average molecular weight is 503 g/mol. The number of amides is 1. The summed E-state index contributed by atoms with van der Waals surface area (Å²) in [4.78, 5) is 25.3. The maximum Gasteiger partial charge on any atom is 0.291 e. The highest BCUT2D eigenvalue weighted by Crippen LogP contribution is 2.33. The minimum absolute atomic E-state index is 0.0861. The van der Waals surface area contributed by atoms with Gasteiger partial charge in [-0.25, -0.2) is 0 Å². The number of ether oxygens (including phenoxy) is 1. The minimum Gasteiger partial charge on any atom is -0.486 e. The van der Waals surface area contributed by atoms with Crippen molar-refractivity contribution in [1.29, 1.82) is 0 Å². The number of non-ortho nitro benzene ring substituents is 1. The van der Waals surface area contributed by atoms with Crippen LogP contribution in [0, 0.1) is 17.0 Å². The summed E-state index contributed by atoms with van der Waals surface area (Å²) in [5, 5.41) is 14.2. The van der Waals surface area contributed by atoms with Gasteiger partial charge < -0.3 is 14.5 Å². The number of hydrogen-bond donors (Lipinski definition) is 1. The van der Waals surface area contributed by atoms with Crippen LogP contribution in [0.15, 0.2) is 93.1 Å². The molecule has 1 N–H and O–H groups in total. The van der Waals surface area contributed by atoms with Gasteiger partial charge in [-0.2, -0.15) is 0 Å². The number of benzene rings is 3. The fourth-order valence-corrected chi connectivity index (χ4v) is 4.35. The Bertz CT molecular complexity index is 1360. The summed E-state index contributed by atoms with van der Waals surface area (Å²) >= 11 is 1.38. The normalized spacial score (nSPS) is 10.9. The summed E-state index contributed by atoms with van der Waals surface area (Å²) in [7, 11) is 0. The van der Waals surface area contributed by atoms with Crippen molar-refractivity contribution in [3.05, 3.63) is 112 Å². The zero-order valence-corrected chi connectivity index (χ0v) is 21.0. The second-order valence-electron chi connectivity index (χ2n) is 8.62. The van der Waals surface area contributed by atoms with Gasteiger partial charge in [-0.1, -0.05) is 55.4 Å². The van der Waals surface area contributed by atoms with Crippen molar-refractivity contribution >= 4 is 29.0 Å². The van der Waals surface area contributed by atoms with Crippen LogP contribution >= 0.6 is 11.8 Å². The summed E-state index contributed by atoms with van der Waals surface area (Å²) < 4.78 is 11.4. The SMILES string of the molecule is Cc1ccc(Sc2cc(NC(=O)c3ccc(COc4ccc(C(C)C)cc4)o3)cc([N+](=O)[O-])c2)cc1. The highest BCUT2D eigenvalue weighted by Gasteiger charge is 2.16. The Hall–Kier alpha value is -4.04. The van der Waals surface area contributed by atoms with Crippen molar-refractivity contribution in [2.45, 2.75) is 43.1 Å². The van der Waals surface area contributed by atoms with Crippen LogP contribution in [0.3, 0.4) is 0 Å². The fourth-order valence-electron chi connectivity index (χ4n) is 3.44. The van der Waals surface area contributed by atoms with Crippen LogP contribution in [0.4, 0.5) is 11.4 Å². The predicted octanol–water partition coefficient (Wildman–Crippen LogP) is 7.60. The molecule has 0 aliphatic heterocycles. The molecule has 0 saturated heterocycles. The molecule has 0 saturated carbocycles. The molecule has 1 aromatic heterocycles. The lowest BCUT2D eigenvalue weighted by Crippen LogP contribution is -2.11. The van der Waals surface area contributed by atoms with Gasteiger partial charge in [0.1, 0.15) is 18.1 Å². The van der Waals surface area contributed by atoms with Gasteiger partial charge >= 0.3 is 0 Å². The van der Waals surface area contributed by atoms with Gasteiger partial charge in [-0.15, -0.1) is 0 Å². The Morgan fingerprint density at radius 3 is 2.39 bits per heavy atom. The molecule has 0 fully saturated rings. The quantitative estimate of drug-likeness (QED) is 0.187. The number of nitro benzene ring substituents is 1. The highest BCUT2D eigenvalue weighted by molar-refractivity contribution is 7.99. The van der Waals surface area contributed by atoms with E-state index in [2.05, 4.69) is 19.2 Å². The molecule has 3 aromatic carbocycles. The van der Waals surface area contributed by atoms with E-state index in [4.69, 9.17) is 9.15 Å². The van der Waals surface area contributed by atoms with E-state index in [0.717, 1.165) is 10.5 Å². The van der Waals surface area contributed by atoms with E-state index in [1.165, 1.54) is 29.5 Å². The third kappa shape index (κ3) is 6.55. The Morgan fingerprint density at radius 2 is 1.72 bits per heavy atom. The summed E-state index contributed by atoms with van der Waals surface area (Å²) in [6.45, 7) is 6.42. The highest BCUT2D eigenvalue weighted by atomic mass is 32.2. The van der Waals surface area contributed by atoms with Crippen LogP contribution < -0.4 is 10.1 Å². The van der Waals surface area contributed by atoms with Gasteiger partial charge in [-0.05, 0) is 60.9 Å². The van der Waals surface area contributed by atoms with E-state index >= 15 is 0 Å². The molecular formula is C28H26N2O5S. The molecule has 4 rings (SSSR count). The first-order valence-corrected chi connectivity index (χ1v) is 12.3. The number of anilines is 1. The van der Waals surface area contributed by atoms with Crippen LogP contribution in [-0.2, 0) is 6.61 Å². The number of carbonyl (C=O) groups excluding carboxylic acids is 1. The first-order valence-electron chi connectivity index (χ1n) is 11.4. The van der Waals surface area contributed by atoms with Gasteiger partial charge in [0.2, 0.25) is 0 Å². The minimum atomic E-state index is -0.505. The van der Waals surface area contributed by atoms with E-state index in [0.29, 0.717) is 28.0 Å². The van der Waals surface area contributed by atoms with E-state index < -0.39 is 10.8 Å². The van der Waals surface area contributed by atoms with Crippen LogP contribution in [0.1, 0.15) is 47.2 Å². The van der Waals surface area contributed by atoms with Gasteiger partial charge in [-0.3, -0.25) is 14.9 Å². The second kappa shape index (κ2) is 11.1. The first kappa shape index (κ1) is 25.1. The lowest BCUT2D eigenvalue weighted by molar-refractivity contribution is -0.385. The Kier molecular flexibility index (Phi) is 7.75. The zero-order chi connectivity index (χ0) is 25.7. The lowest BCUT2D eigenvalue weighted by atomic mass is 10.0. The number of carbonyl (C=O) groups is 1. The Balaban J connectivity index is 1.42. The number of nitro groups is 1. The fraction of sp³-hybridized carbons (Fsp3) is 0.179. The van der Waals surface area contributed by atoms with Crippen molar-refractivity contribution in [3.8, 4) is 5.75 Å². The van der Waals surface area contributed by atoms with Crippen LogP contribution in [0.5, 0.6) is 5.75 Å². The van der Waals surface area contributed by atoms with Gasteiger partial charge in [0, 0.05) is 27.6 Å². The number of hydrogen-bond acceptors (Lipinski definition) is 6. The first-order chi connectivity index (χ1) is 17.3. The molecule has 1 amide bonds. The van der Waals surface area contributed by atoms with E-state index in [1.807, 2.05) is 55.5 Å². The molecule has 0 aliphatic rings. The van der Waals surface area contributed by atoms with E-state index in [1.54, 1.807) is 18.2 Å². The number of furan rings is 1. The standard InChI is InChI=1S/C28H26N2O5S/c1-18(2)20-6-8-23(9-7-20)34-17-24-10-13-27(35-24)28(31)29-21-14-22(30(32)33)16-26(15-21)36-25-11-4-19(3)5-12-25/h4-16,18H,17H2,1-3H3,(H,29,31). The summed E-state index contributed by atoms with van der Waals surface area (Å²) in [5.74, 6) is 1.21. The molecule has 184 valence electrons. The largest absolute Gasteiger partial charge is 0.486 e. The zero-order valence-electron chi connectivity index (χ0n) is 20.2. The molecule has 1 heterocycles. The number of rotatable bonds is 9. The van der Waals surface area contributed by atoms with Crippen molar-refractivity contribution in [2.24, 2.45) is 0 Å². The van der Waals surface area contributed by atoms with E-state index in [-0.39, 0.29) is 18.1 Å². The van der Waals surface area contributed by atoms with Crippen LogP contribution in [0.25, 0.3) is 0 Å². The third-order valence-corrected chi connectivity index (χ3v) is 6.41. The predicted molar refractivity (Wildman–Crippen MR) is 140 cm³/mol. The van der Waals surface area contributed by atoms with Gasteiger partial charge in [0.15, 0.2) is 5.76 Å². The van der Waals surface area contributed by atoms with Crippen LogP contribution in [0.2, 0.25) is 0 Å². The summed E-state index contributed by atoms with van der Waals surface area (Å²) in [6.07, 6.45) is 0. The maximum absolute atomic E-state index is 12.8. The number of nitrogens with one attached hydrogen (secondary N) is 1. The smallest absolute Gasteiger partial charge is 0.291 e. The van der Waals surface area contributed by atoms with Gasteiger partial charge in [0.25, 0.3) is 11.6 Å². The lowest BCUT2D eigenvalue weighted by Gasteiger charge is -2.08. The molecule has 7 nitrogen and oxygen atoms in total. The topological polar surface area (TPSA) is 94.6 Å². The molecule has 36 heavy (non-hydrogen) atoms. The molecule has 0 bridgehead atoms. The molecule has 4 aromatic rings. The van der Waals surface area contributed by atoms with Crippen molar-refractivity contribution < 1.29 is 18.9 Å². The molecule has 0 spiro atoms. The average Bonchev–Trinajstić information content (AvgIpc) is 3.33. The molecule has 0 atom stereocenters. The second-order valence-corrected chi connectivity index (χ2v) is 9.77. The van der Waals surface area contributed by atoms with E-state index in [9.17, 15) is 14.9 Å². The maximum atomic E-state index is 12.8. The van der Waals surface area contributed by atoms with Crippen molar-refractivity contribution in [1.82, 2.24) is 0 Å². The number of aryl methyl sites for hydroxylation is 1. The molecule has 8 heteroatoms. The van der Waals surface area contributed by atoms with Gasteiger partial charge in [0.05, 0.1) is 4.92 Å². The Morgan fingerprint density at radius 1 is 1.00 bits per heavy atom.